The highest BCUT2D eigenvalue weighted by molar-refractivity contribution is 9.10. The van der Waals surface area contributed by atoms with Crippen LogP contribution in [0.25, 0.3) is 33.2 Å². The molecule has 20 nitrogen and oxygen atoms in total. The number of benzene rings is 6. The summed E-state index contributed by atoms with van der Waals surface area (Å²) in [6.45, 7) is 1.81. The number of aliphatic hydroxyl groups is 2. The smallest absolute Gasteiger partial charge is 0.479 e. The molecule has 0 saturated carbocycles. The van der Waals surface area contributed by atoms with Crippen LogP contribution in [0.5, 0.6) is 0 Å². The summed E-state index contributed by atoms with van der Waals surface area (Å²) in [7, 11) is -1.81. The van der Waals surface area contributed by atoms with E-state index in [1.54, 1.807) is 43.3 Å². The van der Waals surface area contributed by atoms with Crippen molar-refractivity contribution in [1.29, 1.82) is 0 Å². The molecule has 6 aromatic carbocycles. The van der Waals surface area contributed by atoms with E-state index in [4.69, 9.17) is 43.1 Å². The van der Waals surface area contributed by atoms with Crippen LogP contribution in [0.1, 0.15) is 51.6 Å². The molecular weight excluding hydrogens is 1100 g/mol. The number of halogens is 5. The maximum atomic E-state index is 14.2. The first kappa shape index (κ1) is 57.7. The number of esters is 1. The number of nitrogens with zero attached hydrogens (tertiary/aromatic N) is 6. The zero-order chi connectivity index (χ0) is 55.2. The van der Waals surface area contributed by atoms with Crippen LogP contribution < -0.4 is 16.1 Å². The largest absolute Gasteiger partial charge is 0.491 e. The van der Waals surface area contributed by atoms with Crippen LogP contribution in [-0.4, -0.2) is 128 Å². The number of carbonyl (C=O) groups is 4. The van der Waals surface area contributed by atoms with Crippen molar-refractivity contribution in [3.8, 4) is 11.1 Å². The number of ether oxygens (including phenoxy) is 1. The fraction of sp³-hybridized carbons (Fsp3) is 0.200. The summed E-state index contributed by atoms with van der Waals surface area (Å²) in [4.78, 5) is 49.9. The minimum Gasteiger partial charge on any atom is -0.479 e. The monoisotopic (exact) mass is 1150 g/mol. The summed E-state index contributed by atoms with van der Waals surface area (Å²) in [6.07, 6.45) is -2.70. The molecule has 0 bridgehead atoms. The summed E-state index contributed by atoms with van der Waals surface area (Å²) >= 11 is 14.8. The average Bonchev–Trinajstić information content (AvgIpc) is 3.97. The number of aliphatic hydroxyl groups excluding tert-OH is 2. The minimum absolute atomic E-state index is 0.0115. The molecule has 4 atom stereocenters. The lowest BCUT2D eigenvalue weighted by Crippen LogP contribution is -2.41. The molecule has 396 valence electrons. The highest BCUT2D eigenvalue weighted by Crippen LogP contribution is 2.27. The average molecular weight is 1150 g/mol. The fourth-order valence-corrected chi connectivity index (χ4v) is 8.05. The highest BCUT2D eigenvalue weighted by Gasteiger charge is 2.26. The van der Waals surface area contributed by atoms with E-state index in [9.17, 15) is 48.6 Å². The normalized spacial score (nSPS) is 12.5. The van der Waals surface area contributed by atoms with Crippen LogP contribution in [-0.2, 0) is 27.2 Å². The molecular formula is C50H46BBrCl2F2N8O12. The number of nitrogens with one attached hydrogen (secondary N) is 2. The second-order valence-corrected chi connectivity index (χ2v) is 18.5. The molecule has 0 radical (unpaired) electrons. The van der Waals surface area contributed by atoms with Crippen molar-refractivity contribution in [2.75, 3.05) is 6.61 Å². The van der Waals surface area contributed by atoms with E-state index < -0.39 is 66.8 Å². The lowest BCUT2D eigenvalue weighted by atomic mass is 9.80. The van der Waals surface area contributed by atoms with Crippen molar-refractivity contribution in [2.24, 2.45) is 0 Å². The van der Waals surface area contributed by atoms with Gasteiger partial charge < -0.3 is 51.2 Å². The zero-order valence-corrected chi connectivity index (χ0v) is 42.8. The number of hydrogen-bond donors (Lipinski definition) is 9. The summed E-state index contributed by atoms with van der Waals surface area (Å²) in [6, 6.07) is 29.9. The topological polar surface area (TPSA) is 305 Å². The van der Waals surface area contributed by atoms with Gasteiger partial charge in [-0.3, -0.25) is 9.59 Å². The van der Waals surface area contributed by atoms with Gasteiger partial charge in [-0.2, -0.15) is 0 Å². The molecule has 9 N–H and O–H groups in total. The van der Waals surface area contributed by atoms with E-state index in [1.165, 1.54) is 54.6 Å². The van der Waals surface area contributed by atoms with E-state index in [-0.39, 0.29) is 53.0 Å². The van der Waals surface area contributed by atoms with E-state index in [2.05, 4.69) is 47.2 Å². The van der Waals surface area contributed by atoms with E-state index in [1.807, 2.05) is 24.3 Å². The van der Waals surface area contributed by atoms with Crippen LogP contribution in [0.4, 0.5) is 8.78 Å². The Hall–Kier alpha value is -7.58. The summed E-state index contributed by atoms with van der Waals surface area (Å²) in [5.41, 5.74) is 4.20. The maximum absolute atomic E-state index is 14.2. The maximum Gasteiger partial charge on any atom is 0.491 e. The van der Waals surface area contributed by atoms with Gasteiger partial charge in [0.1, 0.15) is 33.7 Å². The van der Waals surface area contributed by atoms with Crippen LogP contribution in [0.2, 0.25) is 10.0 Å². The third kappa shape index (κ3) is 16.0. The Kier molecular flexibility index (Phi) is 20.3. The highest BCUT2D eigenvalue weighted by atomic mass is 79.9. The van der Waals surface area contributed by atoms with Crippen molar-refractivity contribution >= 4 is 97.5 Å². The van der Waals surface area contributed by atoms with Gasteiger partial charge in [0.05, 0.1) is 6.61 Å². The predicted octanol–water partition coefficient (Wildman–Crippen LogP) is 5.55. The predicted molar refractivity (Wildman–Crippen MR) is 277 cm³/mol. The lowest BCUT2D eigenvalue weighted by molar-refractivity contribution is -0.153. The summed E-state index contributed by atoms with van der Waals surface area (Å²) in [5, 5.41) is 86.5. The van der Waals surface area contributed by atoms with Gasteiger partial charge in [0, 0.05) is 61.6 Å². The van der Waals surface area contributed by atoms with Crippen molar-refractivity contribution < 1.29 is 68.5 Å². The molecule has 0 saturated heterocycles. The Balaban J connectivity index is 0.000000207. The van der Waals surface area contributed by atoms with Crippen molar-refractivity contribution in [1.82, 2.24) is 40.9 Å². The number of rotatable bonds is 17. The Morgan fingerprint density at radius 1 is 0.671 bits per heavy atom. The van der Waals surface area contributed by atoms with Crippen LogP contribution in [0.3, 0.4) is 0 Å². The molecule has 26 heteroatoms. The number of carboxylic acids is 1. The molecule has 2 heterocycles. The minimum atomic E-state index is -1.81. The molecule has 8 rings (SSSR count). The molecule has 2 amide bonds. The van der Waals surface area contributed by atoms with Crippen molar-refractivity contribution in [3.63, 3.8) is 0 Å². The summed E-state index contributed by atoms with van der Waals surface area (Å²) in [5.74, 6) is -4.20. The molecule has 0 aliphatic carbocycles. The van der Waals surface area contributed by atoms with E-state index in [0.29, 0.717) is 48.8 Å². The van der Waals surface area contributed by atoms with Crippen LogP contribution in [0, 0.1) is 11.6 Å². The second-order valence-electron chi connectivity index (χ2n) is 16.7. The number of aromatic nitrogens is 6. The molecule has 0 unspecified atom stereocenters. The fourth-order valence-electron chi connectivity index (χ4n) is 7.44. The zero-order valence-electron chi connectivity index (χ0n) is 39.7. The number of carboxylic acid groups (broad SMARTS) is 1. The molecule has 0 aliphatic heterocycles. The second kappa shape index (κ2) is 26.8. The van der Waals surface area contributed by atoms with Gasteiger partial charge in [-0.05, 0) is 132 Å². The molecule has 2 aromatic heterocycles. The molecule has 8 aromatic rings. The van der Waals surface area contributed by atoms with Crippen LogP contribution in [0.15, 0.2) is 126 Å². The number of carbonyl (C=O) groups excluding carboxylic acids is 3. The summed E-state index contributed by atoms with van der Waals surface area (Å²) < 4.78 is 32.6. The Labute approximate surface area is 449 Å². The number of amides is 2. The van der Waals surface area contributed by atoms with Gasteiger partial charge in [-0.1, -0.05) is 85.2 Å². The van der Waals surface area contributed by atoms with Crippen LogP contribution >= 0.6 is 39.1 Å². The van der Waals surface area contributed by atoms with Crippen molar-refractivity contribution in [3.05, 3.63) is 170 Å². The Morgan fingerprint density at radius 3 is 1.62 bits per heavy atom. The first-order valence-electron chi connectivity index (χ1n) is 22.8. The van der Waals surface area contributed by atoms with Gasteiger partial charge >= 0.3 is 19.1 Å². The first-order chi connectivity index (χ1) is 36.2. The van der Waals surface area contributed by atoms with E-state index >= 15 is 0 Å². The van der Waals surface area contributed by atoms with Gasteiger partial charge in [0.25, 0.3) is 11.8 Å². The third-order valence-corrected chi connectivity index (χ3v) is 12.2. The quantitative estimate of drug-likeness (QED) is 0.0307. The number of aliphatic carboxylic acids is 1. The molecule has 76 heavy (non-hydrogen) atoms. The van der Waals surface area contributed by atoms with Gasteiger partial charge in [0.15, 0.2) is 12.2 Å². The Morgan fingerprint density at radius 2 is 1.14 bits per heavy atom. The first-order valence-corrected chi connectivity index (χ1v) is 24.3. The molecule has 0 spiro atoms. The number of fused-ring (bicyclic) bond motifs is 2. The Bertz CT molecular complexity index is 3320. The molecule has 0 fully saturated rings. The SMILES string of the molecule is CCOC(=O)[C@H](O)C[C@@H](Cc1ccc(Br)cc1)NC(=O)c1ccc2nnn(O)c2c1.O=C(N[C@H](Cc1ccc(-c2cc(Cl)ccc2F)cc1)C[C@@H](O)C(=O)O)c1ccc2nnn(O)c2c1.OB(O)c1cc(Cl)ccc1F. The van der Waals surface area contributed by atoms with Crippen molar-refractivity contribution in [2.45, 2.75) is 56.9 Å². The van der Waals surface area contributed by atoms with Gasteiger partial charge in [-0.25, -0.2) is 18.4 Å². The van der Waals surface area contributed by atoms with E-state index in [0.717, 1.165) is 21.7 Å². The van der Waals surface area contributed by atoms with Gasteiger partial charge in [-0.15, -0.1) is 10.2 Å². The lowest BCUT2D eigenvalue weighted by Gasteiger charge is -2.21. The standard InChI is InChI=1S/C24H20ClFN4O5.C20H21BrN4O5.C6H5BClFO2/c25-16-6-7-19(26)18(11-16)14-3-1-13(2-4-14)9-17(12-22(31)24(33)34)27-23(32)15-5-8-20-21(10-15)30(35)29-28-20;1-2-30-20(28)18(26)11-15(9-12-3-6-14(21)7-4-12)22-19(27)13-5-8-16-17(10-13)25(29)24-23-16;8-4-1-2-6(9)5(3-4)7(10)11/h1-8,10-11,17,22,31,35H,9,12H2,(H,27,32)(H,33,34);3-8,10,15,18,26,29H,2,9,11H2,1H3,(H,22,27);1-3,10-11H/t17-,22-;15-,18-;/m11./s1. The molecule has 0 aliphatic rings. The van der Waals surface area contributed by atoms with Gasteiger partial charge in [0.2, 0.25) is 0 Å². The third-order valence-electron chi connectivity index (χ3n) is 11.2. The number of hydrogen-bond acceptors (Lipinski definition) is 15.